The molecule has 2 rings (SSSR count). The Kier molecular flexibility index (Phi) is 4.13. The first-order chi connectivity index (χ1) is 8.90. The van der Waals surface area contributed by atoms with E-state index in [0.29, 0.717) is 6.61 Å². The van der Waals surface area contributed by atoms with Crippen LogP contribution >= 0.6 is 11.3 Å². The van der Waals surface area contributed by atoms with Gasteiger partial charge in [-0.1, -0.05) is 0 Å². The Balaban J connectivity index is 2.22. The molecule has 0 spiro atoms. The molecular formula is C14H22N2O2S. The zero-order valence-corrected chi connectivity index (χ0v) is 12.9. The summed E-state index contributed by atoms with van der Waals surface area (Å²) in [5, 5.41) is 4.30. The maximum absolute atomic E-state index is 12.0. The summed E-state index contributed by atoms with van der Waals surface area (Å²) in [5.74, 6) is -0.300. The number of thiazole rings is 1. The average molecular weight is 282 g/mol. The molecule has 1 aromatic heterocycles. The van der Waals surface area contributed by atoms with Crippen molar-refractivity contribution in [3.8, 4) is 0 Å². The third kappa shape index (κ3) is 3.47. The molecule has 0 aromatic carbocycles. The van der Waals surface area contributed by atoms with E-state index in [4.69, 9.17) is 4.74 Å². The molecule has 1 aromatic rings. The van der Waals surface area contributed by atoms with Crippen LogP contribution in [0.2, 0.25) is 0 Å². The minimum atomic E-state index is -0.171. The normalized spacial score (nSPS) is 18.8. The third-order valence-corrected chi connectivity index (χ3v) is 4.05. The number of carbonyl (C=O) groups is 1. The Morgan fingerprint density at radius 2 is 2.26 bits per heavy atom. The summed E-state index contributed by atoms with van der Waals surface area (Å²) in [6.45, 7) is 8.60. The third-order valence-electron chi connectivity index (χ3n) is 3.01. The van der Waals surface area contributed by atoms with Crippen molar-refractivity contribution in [1.82, 2.24) is 4.98 Å². The van der Waals surface area contributed by atoms with Crippen LogP contribution in [0.3, 0.4) is 0 Å². The lowest BCUT2D eigenvalue weighted by Crippen LogP contribution is -2.26. The molecule has 0 saturated heterocycles. The summed E-state index contributed by atoms with van der Waals surface area (Å²) in [6.07, 6.45) is 2.91. The Morgan fingerprint density at radius 3 is 2.89 bits per heavy atom. The van der Waals surface area contributed by atoms with Gasteiger partial charge in [-0.2, -0.15) is 0 Å². The van der Waals surface area contributed by atoms with Crippen LogP contribution in [0.25, 0.3) is 0 Å². The fourth-order valence-electron chi connectivity index (χ4n) is 2.26. The van der Waals surface area contributed by atoms with Gasteiger partial charge in [0.25, 0.3) is 0 Å². The van der Waals surface area contributed by atoms with Crippen LogP contribution in [-0.2, 0) is 16.0 Å². The monoisotopic (exact) mass is 282 g/mol. The fraction of sp³-hybridized carbons (Fsp3) is 0.714. The molecule has 0 saturated carbocycles. The van der Waals surface area contributed by atoms with E-state index in [2.05, 4.69) is 31.1 Å². The number of aryl methyl sites for hydroxylation is 1. The molecule has 1 unspecified atom stereocenters. The summed E-state index contributed by atoms with van der Waals surface area (Å²) in [5.41, 5.74) is 0.918. The molecule has 4 nitrogen and oxygen atoms in total. The summed E-state index contributed by atoms with van der Waals surface area (Å²) in [7, 11) is 0. The van der Waals surface area contributed by atoms with Gasteiger partial charge in [-0.25, -0.2) is 4.98 Å². The van der Waals surface area contributed by atoms with Crippen LogP contribution in [0.5, 0.6) is 0 Å². The molecule has 1 N–H and O–H groups in total. The number of nitrogens with one attached hydrogen (secondary N) is 1. The number of carbonyl (C=O) groups excluding carboxylic acids is 1. The van der Waals surface area contributed by atoms with Gasteiger partial charge in [0.1, 0.15) is 5.92 Å². The quantitative estimate of drug-likeness (QED) is 0.864. The van der Waals surface area contributed by atoms with Crippen LogP contribution in [0.1, 0.15) is 57.0 Å². The van der Waals surface area contributed by atoms with Crippen molar-refractivity contribution in [2.45, 2.75) is 58.4 Å². The van der Waals surface area contributed by atoms with Gasteiger partial charge in [0.05, 0.1) is 12.3 Å². The van der Waals surface area contributed by atoms with Crippen molar-refractivity contribution in [1.29, 1.82) is 0 Å². The zero-order chi connectivity index (χ0) is 14.0. The number of hydrogen-bond donors (Lipinski definition) is 1. The Labute approximate surface area is 118 Å². The molecule has 0 fully saturated rings. The molecule has 1 heterocycles. The molecule has 0 radical (unpaired) electrons. The van der Waals surface area contributed by atoms with Crippen LogP contribution in [0.4, 0.5) is 5.13 Å². The van der Waals surface area contributed by atoms with Crippen molar-refractivity contribution in [2.75, 3.05) is 11.9 Å². The van der Waals surface area contributed by atoms with E-state index in [-0.39, 0.29) is 17.4 Å². The second kappa shape index (κ2) is 5.49. The summed E-state index contributed by atoms with van der Waals surface area (Å²) >= 11 is 1.67. The van der Waals surface area contributed by atoms with Gasteiger partial charge in [-0.15, -0.1) is 11.3 Å². The molecule has 1 aliphatic carbocycles. The van der Waals surface area contributed by atoms with Crippen LogP contribution in [0.15, 0.2) is 0 Å². The Bertz CT molecular complexity index is 463. The average Bonchev–Trinajstić information content (AvgIpc) is 2.68. The predicted molar refractivity (Wildman–Crippen MR) is 77.8 cm³/mol. The van der Waals surface area contributed by atoms with Gasteiger partial charge >= 0.3 is 5.97 Å². The lowest BCUT2D eigenvalue weighted by Gasteiger charge is -2.20. The maximum Gasteiger partial charge on any atom is 0.315 e. The van der Waals surface area contributed by atoms with E-state index >= 15 is 0 Å². The summed E-state index contributed by atoms with van der Waals surface area (Å²) in [4.78, 5) is 17.8. The SMILES string of the molecule is CCOC(=O)C1CCCc2sc(NC(C)(C)C)nc21. The van der Waals surface area contributed by atoms with Crippen LogP contribution < -0.4 is 5.32 Å². The van der Waals surface area contributed by atoms with E-state index in [1.165, 1.54) is 4.88 Å². The van der Waals surface area contributed by atoms with Crippen LogP contribution in [-0.4, -0.2) is 23.1 Å². The molecule has 1 atom stereocenters. The molecule has 19 heavy (non-hydrogen) atoms. The van der Waals surface area contributed by atoms with Gasteiger partial charge in [-0.05, 0) is 47.0 Å². The number of hydrogen-bond acceptors (Lipinski definition) is 5. The van der Waals surface area contributed by atoms with Crippen LogP contribution in [0, 0.1) is 0 Å². The summed E-state index contributed by atoms with van der Waals surface area (Å²) in [6, 6.07) is 0. The highest BCUT2D eigenvalue weighted by atomic mass is 32.1. The molecular weight excluding hydrogens is 260 g/mol. The van der Waals surface area contributed by atoms with E-state index < -0.39 is 0 Å². The Morgan fingerprint density at radius 1 is 1.53 bits per heavy atom. The number of aromatic nitrogens is 1. The van der Waals surface area contributed by atoms with Gasteiger partial charge in [0, 0.05) is 10.4 Å². The largest absolute Gasteiger partial charge is 0.465 e. The number of ether oxygens (including phenoxy) is 1. The molecule has 106 valence electrons. The van der Waals surface area contributed by atoms with Crippen molar-refractivity contribution in [3.63, 3.8) is 0 Å². The minimum absolute atomic E-state index is 0.0140. The first kappa shape index (κ1) is 14.3. The highest BCUT2D eigenvalue weighted by Crippen LogP contribution is 2.37. The number of anilines is 1. The highest BCUT2D eigenvalue weighted by Gasteiger charge is 2.31. The highest BCUT2D eigenvalue weighted by molar-refractivity contribution is 7.15. The summed E-state index contributed by atoms with van der Waals surface area (Å²) < 4.78 is 5.15. The van der Waals surface area contributed by atoms with Gasteiger partial charge < -0.3 is 10.1 Å². The smallest absolute Gasteiger partial charge is 0.315 e. The zero-order valence-electron chi connectivity index (χ0n) is 12.1. The number of rotatable bonds is 3. The molecule has 0 bridgehead atoms. The van der Waals surface area contributed by atoms with E-state index in [0.717, 1.165) is 30.1 Å². The van der Waals surface area contributed by atoms with Gasteiger partial charge in [0.2, 0.25) is 0 Å². The van der Waals surface area contributed by atoms with E-state index in [1.807, 2.05) is 6.92 Å². The second-order valence-corrected chi connectivity index (χ2v) is 6.98. The first-order valence-electron chi connectivity index (χ1n) is 6.85. The predicted octanol–water partition coefficient (Wildman–Crippen LogP) is 3.34. The number of nitrogens with zero attached hydrogens (tertiary/aromatic N) is 1. The second-order valence-electron chi connectivity index (χ2n) is 5.90. The fourth-order valence-corrected chi connectivity index (χ4v) is 3.54. The van der Waals surface area contributed by atoms with Gasteiger partial charge in [0.15, 0.2) is 5.13 Å². The number of esters is 1. The molecule has 5 heteroatoms. The topological polar surface area (TPSA) is 51.2 Å². The first-order valence-corrected chi connectivity index (χ1v) is 7.67. The van der Waals surface area contributed by atoms with Gasteiger partial charge in [-0.3, -0.25) is 4.79 Å². The standard InChI is InChI=1S/C14H22N2O2S/c1-5-18-12(17)9-7-6-8-10-11(9)15-13(19-10)16-14(2,3)4/h9H,5-8H2,1-4H3,(H,15,16). The van der Waals surface area contributed by atoms with Crippen molar-refractivity contribution < 1.29 is 9.53 Å². The molecule has 0 aliphatic heterocycles. The maximum atomic E-state index is 12.0. The van der Waals surface area contributed by atoms with Crippen molar-refractivity contribution >= 4 is 22.4 Å². The minimum Gasteiger partial charge on any atom is -0.465 e. The van der Waals surface area contributed by atoms with E-state index in [9.17, 15) is 4.79 Å². The molecule has 0 amide bonds. The van der Waals surface area contributed by atoms with Crippen molar-refractivity contribution in [2.24, 2.45) is 0 Å². The van der Waals surface area contributed by atoms with E-state index in [1.54, 1.807) is 11.3 Å². The lowest BCUT2D eigenvalue weighted by atomic mass is 9.91. The van der Waals surface area contributed by atoms with Crippen molar-refractivity contribution in [3.05, 3.63) is 10.6 Å². The molecule has 1 aliphatic rings. The Hall–Kier alpha value is -1.10. The number of fused-ring (bicyclic) bond motifs is 1. The lowest BCUT2D eigenvalue weighted by molar-refractivity contribution is -0.145.